The number of esters is 2. The van der Waals surface area contributed by atoms with Crippen LogP contribution >= 0.6 is 12.4 Å². The van der Waals surface area contributed by atoms with E-state index in [1.54, 1.807) is 6.92 Å². The molecule has 0 bridgehead atoms. The van der Waals surface area contributed by atoms with E-state index in [0.717, 1.165) is 37.7 Å². The van der Waals surface area contributed by atoms with Gasteiger partial charge in [-0.05, 0) is 25.3 Å². The SMILES string of the molecule is C[C@H](N)C(=O)OCCCCCCCC(=O)OCc1ccccc1.Cl. The minimum Gasteiger partial charge on any atom is -0.465 e. The van der Waals surface area contributed by atoms with Crippen LogP contribution in [0.4, 0.5) is 0 Å². The number of halogens is 1. The Hall–Kier alpha value is -1.59. The van der Waals surface area contributed by atoms with Crippen LogP contribution in [-0.2, 0) is 25.7 Å². The maximum absolute atomic E-state index is 11.6. The second-order valence-electron chi connectivity index (χ2n) is 5.62. The second-order valence-corrected chi connectivity index (χ2v) is 5.62. The van der Waals surface area contributed by atoms with Gasteiger partial charge in [-0.2, -0.15) is 0 Å². The van der Waals surface area contributed by atoms with E-state index in [-0.39, 0.29) is 24.3 Å². The molecule has 6 heteroatoms. The lowest BCUT2D eigenvalue weighted by Crippen LogP contribution is -2.28. The highest BCUT2D eigenvalue weighted by molar-refractivity contribution is 5.85. The van der Waals surface area contributed by atoms with E-state index in [9.17, 15) is 9.59 Å². The molecule has 0 aromatic heterocycles. The number of benzene rings is 1. The number of carbonyl (C=O) groups excluding carboxylic acids is 2. The Kier molecular flexibility index (Phi) is 12.9. The summed E-state index contributed by atoms with van der Waals surface area (Å²) in [5.41, 5.74) is 6.39. The van der Waals surface area contributed by atoms with Gasteiger partial charge in [-0.15, -0.1) is 12.4 Å². The summed E-state index contributed by atoms with van der Waals surface area (Å²) in [5, 5.41) is 0. The summed E-state index contributed by atoms with van der Waals surface area (Å²) in [6.45, 7) is 2.36. The Bertz CT molecular complexity index is 465. The van der Waals surface area contributed by atoms with Crippen LogP contribution in [0.2, 0.25) is 0 Å². The van der Waals surface area contributed by atoms with Crippen LogP contribution in [-0.4, -0.2) is 24.6 Å². The fourth-order valence-corrected chi connectivity index (χ4v) is 2.02. The minimum absolute atomic E-state index is 0. The molecule has 0 saturated heterocycles. The van der Waals surface area contributed by atoms with Crippen molar-refractivity contribution in [3.05, 3.63) is 35.9 Å². The fraction of sp³-hybridized carbons (Fsp3) is 0.556. The first-order valence-electron chi connectivity index (χ1n) is 8.21. The molecule has 0 saturated carbocycles. The monoisotopic (exact) mass is 357 g/mol. The number of nitrogens with two attached hydrogens (primary N) is 1. The van der Waals surface area contributed by atoms with E-state index in [1.807, 2.05) is 30.3 Å². The summed E-state index contributed by atoms with van der Waals surface area (Å²) in [4.78, 5) is 22.7. The number of ether oxygens (including phenoxy) is 2. The molecule has 2 N–H and O–H groups in total. The van der Waals surface area contributed by atoms with Crippen LogP contribution in [0.25, 0.3) is 0 Å². The predicted octanol–water partition coefficient (Wildman–Crippen LogP) is 3.38. The molecular weight excluding hydrogens is 330 g/mol. The van der Waals surface area contributed by atoms with Crippen molar-refractivity contribution in [2.24, 2.45) is 5.73 Å². The Morgan fingerprint density at radius 1 is 1.00 bits per heavy atom. The van der Waals surface area contributed by atoms with Gasteiger partial charge in [0.1, 0.15) is 12.6 Å². The number of hydrogen-bond donors (Lipinski definition) is 1. The van der Waals surface area contributed by atoms with Crippen LogP contribution in [0.5, 0.6) is 0 Å². The molecule has 1 rings (SSSR count). The lowest BCUT2D eigenvalue weighted by Gasteiger charge is -2.07. The highest BCUT2D eigenvalue weighted by Gasteiger charge is 2.07. The highest BCUT2D eigenvalue weighted by Crippen LogP contribution is 2.08. The largest absolute Gasteiger partial charge is 0.465 e. The maximum Gasteiger partial charge on any atom is 0.322 e. The number of hydrogen-bond acceptors (Lipinski definition) is 5. The standard InChI is InChI=1S/C18H27NO4.ClH/c1-15(19)18(21)22-13-9-4-2-3-8-12-17(20)23-14-16-10-6-5-7-11-16;/h5-7,10-11,15H,2-4,8-9,12-14,19H2,1H3;1H/t15-;/m0./s1. The molecule has 0 aliphatic heterocycles. The molecule has 1 atom stereocenters. The van der Waals surface area contributed by atoms with E-state index in [0.29, 0.717) is 19.6 Å². The van der Waals surface area contributed by atoms with Gasteiger partial charge < -0.3 is 15.2 Å². The summed E-state index contributed by atoms with van der Waals surface area (Å²) < 4.78 is 10.2. The lowest BCUT2D eigenvalue weighted by molar-refractivity contribution is -0.146. The van der Waals surface area contributed by atoms with Crippen LogP contribution in [0.1, 0.15) is 51.0 Å². The summed E-state index contributed by atoms with van der Waals surface area (Å²) in [7, 11) is 0. The minimum atomic E-state index is -0.558. The van der Waals surface area contributed by atoms with Crippen LogP contribution < -0.4 is 5.73 Å². The molecule has 5 nitrogen and oxygen atoms in total. The van der Waals surface area contributed by atoms with E-state index >= 15 is 0 Å². The van der Waals surface area contributed by atoms with Gasteiger partial charge in [-0.3, -0.25) is 9.59 Å². The molecule has 0 spiro atoms. The fourth-order valence-electron chi connectivity index (χ4n) is 2.02. The van der Waals surface area contributed by atoms with Crippen LogP contribution in [0, 0.1) is 0 Å². The lowest BCUT2D eigenvalue weighted by atomic mass is 10.1. The van der Waals surface area contributed by atoms with Gasteiger partial charge in [0.2, 0.25) is 0 Å². The zero-order valence-electron chi connectivity index (χ0n) is 14.2. The van der Waals surface area contributed by atoms with E-state index in [2.05, 4.69) is 0 Å². The molecule has 0 aliphatic rings. The molecule has 0 fully saturated rings. The topological polar surface area (TPSA) is 78.6 Å². The van der Waals surface area contributed by atoms with Gasteiger partial charge in [0.25, 0.3) is 0 Å². The van der Waals surface area contributed by atoms with Crippen LogP contribution in [0.3, 0.4) is 0 Å². The third-order valence-electron chi connectivity index (χ3n) is 3.38. The van der Waals surface area contributed by atoms with Gasteiger partial charge >= 0.3 is 11.9 Å². The van der Waals surface area contributed by atoms with Crippen molar-refractivity contribution in [3.8, 4) is 0 Å². The van der Waals surface area contributed by atoms with Crippen molar-refractivity contribution >= 4 is 24.3 Å². The normalized spacial score (nSPS) is 11.2. The van der Waals surface area contributed by atoms with Crippen LogP contribution in [0.15, 0.2) is 30.3 Å². The zero-order chi connectivity index (χ0) is 16.9. The molecular formula is C18H28ClNO4. The number of rotatable bonds is 11. The Morgan fingerprint density at radius 2 is 1.62 bits per heavy atom. The maximum atomic E-state index is 11.6. The van der Waals surface area contributed by atoms with Crippen molar-refractivity contribution in [2.75, 3.05) is 6.61 Å². The zero-order valence-corrected chi connectivity index (χ0v) is 15.1. The van der Waals surface area contributed by atoms with Gasteiger partial charge in [0.05, 0.1) is 6.61 Å². The molecule has 0 radical (unpaired) electrons. The first-order valence-corrected chi connectivity index (χ1v) is 8.21. The third-order valence-corrected chi connectivity index (χ3v) is 3.38. The van der Waals surface area contributed by atoms with Crippen molar-refractivity contribution in [3.63, 3.8) is 0 Å². The van der Waals surface area contributed by atoms with E-state index in [4.69, 9.17) is 15.2 Å². The van der Waals surface area contributed by atoms with Crippen molar-refractivity contribution in [1.29, 1.82) is 0 Å². The van der Waals surface area contributed by atoms with Gasteiger partial charge in [0.15, 0.2) is 0 Å². The summed E-state index contributed by atoms with van der Waals surface area (Å²) in [5.74, 6) is -0.508. The third kappa shape index (κ3) is 11.0. The van der Waals surface area contributed by atoms with E-state index in [1.165, 1.54) is 0 Å². The summed E-state index contributed by atoms with van der Waals surface area (Å²) in [6, 6.07) is 9.10. The molecule has 0 unspecified atom stereocenters. The summed E-state index contributed by atoms with van der Waals surface area (Å²) in [6.07, 6.45) is 5.07. The number of carbonyl (C=O) groups is 2. The average Bonchev–Trinajstić information content (AvgIpc) is 2.56. The molecule has 24 heavy (non-hydrogen) atoms. The molecule has 0 aliphatic carbocycles. The van der Waals surface area contributed by atoms with Crippen molar-refractivity contribution in [1.82, 2.24) is 0 Å². The predicted molar refractivity (Wildman–Crippen MR) is 95.8 cm³/mol. The summed E-state index contributed by atoms with van der Waals surface area (Å²) >= 11 is 0. The average molecular weight is 358 g/mol. The van der Waals surface area contributed by atoms with Gasteiger partial charge in [-0.1, -0.05) is 49.6 Å². The van der Waals surface area contributed by atoms with Gasteiger partial charge in [0, 0.05) is 6.42 Å². The highest BCUT2D eigenvalue weighted by atomic mass is 35.5. The Balaban J connectivity index is 0.00000529. The Labute approximate surface area is 150 Å². The molecule has 136 valence electrons. The quantitative estimate of drug-likeness (QED) is 0.485. The van der Waals surface area contributed by atoms with Crippen molar-refractivity contribution < 1.29 is 19.1 Å². The second kappa shape index (κ2) is 13.8. The Morgan fingerprint density at radius 3 is 2.29 bits per heavy atom. The molecule has 0 heterocycles. The molecule has 0 amide bonds. The first-order chi connectivity index (χ1) is 11.1. The smallest absolute Gasteiger partial charge is 0.322 e. The van der Waals surface area contributed by atoms with Crippen molar-refractivity contribution in [2.45, 2.75) is 58.1 Å². The molecule has 1 aromatic carbocycles. The van der Waals surface area contributed by atoms with Gasteiger partial charge in [-0.25, -0.2) is 0 Å². The van der Waals surface area contributed by atoms with E-state index < -0.39 is 6.04 Å². The molecule has 1 aromatic rings. The number of unbranched alkanes of at least 4 members (excludes halogenated alkanes) is 4. The first kappa shape index (κ1) is 22.4.